The van der Waals surface area contributed by atoms with Crippen molar-refractivity contribution in [1.29, 1.82) is 0 Å². The standard InChI is InChI=1S/C19H18Cl2N2O4/c1-2-23(19(25)18-13(20)4-3-5-14(18)21)11-17(24)22-12-6-7-15-16(10-12)27-9-8-26-15/h3-7,10H,2,8-9,11H2,1H3,(H,22,24). The topological polar surface area (TPSA) is 67.9 Å². The number of carbonyl (C=O) groups excluding carboxylic acids is 2. The molecule has 0 unspecified atom stereocenters. The minimum Gasteiger partial charge on any atom is -0.486 e. The van der Waals surface area contributed by atoms with Gasteiger partial charge in [-0.05, 0) is 31.2 Å². The highest BCUT2D eigenvalue weighted by Gasteiger charge is 2.22. The molecule has 1 aliphatic heterocycles. The minimum absolute atomic E-state index is 0.134. The van der Waals surface area contributed by atoms with Crippen LogP contribution in [0.1, 0.15) is 17.3 Å². The fourth-order valence-corrected chi connectivity index (χ4v) is 3.24. The minimum atomic E-state index is -0.398. The van der Waals surface area contributed by atoms with Crippen LogP contribution in [0.5, 0.6) is 11.5 Å². The zero-order valence-corrected chi connectivity index (χ0v) is 16.1. The summed E-state index contributed by atoms with van der Waals surface area (Å²) in [5, 5.41) is 3.25. The van der Waals surface area contributed by atoms with E-state index in [9.17, 15) is 9.59 Å². The van der Waals surface area contributed by atoms with Crippen LogP contribution in [-0.2, 0) is 4.79 Å². The van der Waals surface area contributed by atoms with Gasteiger partial charge in [0.2, 0.25) is 5.91 Å². The van der Waals surface area contributed by atoms with Crippen molar-refractivity contribution in [3.8, 4) is 11.5 Å². The van der Waals surface area contributed by atoms with Crippen molar-refractivity contribution in [2.45, 2.75) is 6.92 Å². The molecule has 0 aliphatic carbocycles. The molecule has 0 atom stereocenters. The molecule has 1 heterocycles. The van der Waals surface area contributed by atoms with Crippen molar-refractivity contribution in [2.24, 2.45) is 0 Å². The number of anilines is 1. The lowest BCUT2D eigenvalue weighted by atomic mass is 10.2. The Morgan fingerprint density at radius 3 is 2.41 bits per heavy atom. The average molecular weight is 409 g/mol. The van der Waals surface area contributed by atoms with Gasteiger partial charge in [-0.15, -0.1) is 0 Å². The summed E-state index contributed by atoms with van der Waals surface area (Å²) >= 11 is 12.2. The van der Waals surface area contributed by atoms with Crippen LogP contribution >= 0.6 is 23.2 Å². The van der Waals surface area contributed by atoms with E-state index in [-0.39, 0.29) is 28.1 Å². The van der Waals surface area contributed by atoms with E-state index in [2.05, 4.69) is 5.32 Å². The fraction of sp³-hybridized carbons (Fsp3) is 0.263. The van der Waals surface area contributed by atoms with E-state index in [0.29, 0.717) is 36.9 Å². The molecule has 142 valence electrons. The lowest BCUT2D eigenvalue weighted by Crippen LogP contribution is -2.38. The molecule has 1 N–H and O–H groups in total. The third-order valence-corrected chi connectivity index (χ3v) is 4.64. The van der Waals surface area contributed by atoms with Gasteiger partial charge in [-0.2, -0.15) is 0 Å². The van der Waals surface area contributed by atoms with E-state index in [0.717, 1.165) is 0 Å². The van der Waals surface area contributed by atoms with E-state index in [1.54, 1.807) is 43.3 Å². The molecule has 6 nitrogen and oxygen atoms in total. The summed E-state index contributed by atoms with van der Waals surface area (Å²) in [6.07, 6.45) is 0. The van der Waals surface area contributed by atoms with Crippen molar-refractivity contribution < 1.29 is 19.1 Å². The molecule has 0 saturated heterocycles. The van der Waals surface area contributed by atoms with Gasteiger partial charge in [0.05, 0.1) is 15.6 Å². The second-order valence-corrected chi connectivity index (χ2v) is 6.64. The summed E-state index contributed by atoms with van der Waals surface area (Å²) in [7, 11) is 0. The lowest BCUT2D eigenvalue weighted by molar-refractivity contribution is -0.116. The van der Waals surface area contributed by atoms with Gasteiger partial charge in [0.1, 0.15) is 19.8 Å². The van der Waals surface area contributed by atoms with Gasteiger partial charge in [-0.25, -0.2) is 0 Å². The molecule has 27 heavy (non-hydrogen) atoms. The first-order chi connectivity index (χ1) is 13.0. The molecular formula is C19H18Cl2N2O4. The number of fused-ring (bicyclic) bond motifs is 1. The molecule has 0 radical (unpaired) electrons. The predicted molar refractivity (Wildman–Crippen MR) is 104 cm³/mol. The number of amides is 2. The van der Waals surface area contributed by atoms with Crippen molar-refractivity contribution in [2.75, 3.05) is 31.6 Å². The molecule has 8 heteroatoms. The highest BCUT2D eigenvalue weighted by Crippen LogP contribution is 2.32. The number of nitrogens with one attached hydrogen (secondary N) is 1. The number of rotatable bonds is 5. The summed E-state index contributed by atoms with van der Waals surface area (Å²) in [4.78, 5) is 26.5. The van der Waals surface area contributed by atoms with Crippen LogP contribution in [0.15, 0.2) is 36.4 Å². The van der Waals surface area contributed by atoms with E-state index >= 15 is 0 Å². The molecule has 0 saturated carbocycles. The number of hydrogen-bond donors (Lipinski definition) is 1. The average Bonchev–Trinajstić information content (AvgIpc) is 2.65. The molecule has 0 spiro atoms. The Kier molecular flexibility index (Phi) is 6.08. The molecule has 2 aromatic carbocycles. The van der Waals surface area contributed by atoms with Gasteiger partial charge in [0.15, 0.2) is 11.5 Å². The van der Waals surface area contributed by atoms with Gasteiger partial charge in [0, 0.05) is 18.3 Å². The predicted octanol–water partition coefficient (Wildman–Crippen LogP) is 3.87. The molecule has 0 aromatic heterocycles. The number of carbonyl (C=O) groups is 2. The van der Waals surface area contributed by atoms with Gasteiger partial charge in [0.25, 0.3) is 5.91 Å². The van der Waals surface area contributed by atoms with Crippen molar-refractivity contribution in [1.82, 2.24) is 4.90 Å². The first-order valence-electron chi connectivity index (χ1n) is 8.42. The van der Waals surface area contributed by atoms with Crippen LogP contribution in [0.25, 0.3) is 0 Å². The molecule has 3 rings (SSSR count). The molecule has 2 amide bonds. The number of nitrogens with zero attached hydrogens (tertiary/aromatic N) is 1. The normalized spacial score (nSPS) is 12.4. The Balaban J connectivity index is 1.69. The second kappa shape index (κ2) is 8.50. The van der Waals surface area contributed by atoms with E-state index in [1.165, 1.54) is 4.90 Å². The zero-order chi connectivity index (χ0) is 19.4. The number of hydrogen-bond acceptors (Lipinski definition) is 4. The SMILES string of the molecule is CCN(CC(=O)Nc1ccc2c(c1)OCCO2)C(=O)c1c(Cl)cccc1Cl. The number of halogens is 2. The summed E-state index contributed by atoms with van der Waals surface area (Å²) < 4.78 is 11.0. The second-order valence-electron chi connectivity index (χ2n) is 5.82. The number of benzene rings is 2. The van der Waals surface area contributed by atoms with Gasteiger partial charge in [-0.3, -0.25) is 9.59 Å². The third kappa shape index (κ3) is 4.46. The fourth-order valence-electron chi connectivity index (χ4n) is 2.68. The largest absolute Gasteiger partial charge is 0.486 e. The summed E-state index contributed by atoms with van der Waals surface area (Å²) in [6.45, 7) is 2.93. The lowest BCUT2D eigenvalue weighted by Gasteiger charge is -2.22. The maximum absolute atomic E-state index is 12.7. The quantitative estimate of drug-likeness (QED) is 0.815. The Labute approximate surface area is 167 Å². The van der Waals surface area contributed by atoms with Gasteiger partial charge >= 0.3 is 0 Å². The van der Waals surface area contributed by atoms with Crippen LogP contribution < -0.4 is 14.8 Å². The summed E-state index contributed by atoms with van der Waals surface area (Å²) in [6, 6.07) is 9.97. The van der Waals surface area contributed by atoms with Crippen molar-refractivity contribution in [3.63, 3.8) is 0 Å². The van der Waals surface area contributed by atoms with Crippen LogP contribution in [0.2, 0.25) is 10.0 Å². The Morgan fingerprint density at radius 1 is 1.07 bits per heavy atom. The van der Waals surface area contributed by atoms with Crippen molar-refractivity contribution >= 4 is 40.7 Å². The number of likely N-dealkylation sites (N-methyl/N-ethyl adjacent to an activating group) is 1. The Bertz CT molecular complexity index is 853. The maximum Gasteiger partial charge on any atom is 0.257 e. The van der Waals surface area contributed by atoms with Crippen LogP contribution in [0.4, 0.5) is 5.69 Å². The molecular weight excluding hydrogens is 391 g/mol. The van der Waals surface area contributed by atoms with Crippen LogP contribution in [-0.4, -0.2) is 43.0 Å². The molecule has 0 fully saturated rings. The van der Waals surface area contributed by atoms with Gasteiger partial charge in [-0.1, -0.05) is 29.3 Å². The smallest absolute Gasteiger partial charge is 0.257 e. The highest BCUT2D eigenvalue weighted by atomic mass is 35.5. The Morgan fingerprint density at radius 2 is 1.74 bits per heavy atom. The van der Waals surface area contributed by atoms with E-state index < -0.39 is 5.91 Å². The van der Waals surface area contributed by atoms with E-state index in [4.69, 9.17) is 32.7 Å². The third-order valence-electron chi connectivity index (χ3n) is 4.01. The molecule has 2 aromatic rings. The summed E-state index contributed by atoms with van der Waals surface area (Å²) in [5.74, 6) is 0.471. The van der Waals surface area contributed by atoms with Crippen LogP contribution in [0.3, 0.4) is 0 Å². The highest BCUT2D eigenvalue weighted by molar-refractivity contribution is 6.39. The molecule has 1 aliphatic rings. The van der Waals surface area contributed by atoms with E-state index in [1.807, 2.05) is 0 Å². The maximum atomic E-state index is 12.7. The van der Waals surface area contributed by atoms with Crippen LogP contribution in [0, 0.1) is 0 Å². The monoisotopic (exact) mass is 408 g/mol. The van der Waals surface area contributed by atoms with Crippen molar-refractivity contribution in [3.05, 3.63) is 52.0 Å². The summed E-state index contributed by atoms with van der Waals surface area (Å²) in [5.41, 5.74) is 0.748. The van der Waals surface area contributed by atoms with Gasteiger partial charge < -0.3 is 19.7 Å². The number of ether oxygens (including phenoxy) is 2. The Hall–Kier alpha value is -2.44. The zero-order valence-electron chi connectivity index (χ0n) is 14.6. The first kappa shape index (κ1) is 19.3. The first-order valence-corrected chi connectivity index (χ1v) is 9.18. The molecule has 0 bridgehead atoms.